The molecule has 3 rings (SSSR count). The van der Waals surface area contributed by atoms with Crippen molar-refractivity contribution in [3.8, 4) is 0 Å². The van der Waals surface area contributed by atoms with E-state index in [1.807, 2.05) is 16.9 Å². The van der Waals surface area contributed by atoms with Crippen LogP contribution >= 0.6 is 0 Å². The summed E-state index contributed by atoms with van der Waals surface area (Å²) in [4.78, 5) is 14.2. The summed E-state index contributed by atoms with van der Waals surface area (Å²) in [6, 6.07) is 2.09. The average Bonchev–Trinajstić information content (AvgIpc) is 3.25. The van der Waals surface area contributed by atoms with Gasteiger partial charge in [-0.05, 0) is 31.7 Å². The van der Waals surface area contributed by atoms with Crippen molar-refractivity contribution in [1.29, 1.82) is 0 Å². The standard InChI is InChI=1S/C16H25N3O3S/c20-16(8-12-23(21,22)15-6-1-2-7-15)18-10-3-5-14(13-18)19-11-4-9-17-19/h4,9,11,14-15H,1-3,5-8,10,12-13H2/t14-/m0/s1. The third-order valence-corrected chi connectivity index (χ3v) is 7.32. The lowest BCUT2D eigenvalue weighted by molar-refractivity contribution is -0.132. The maximum absolute atomic E-state index is 12.4. The molecule has 1 aliphatic carbocycles. The third kappa shape index (κ3) is 3.94. The molecule has 0 bridgehead atoms. The van der Waals surface area contributed by atoms with E-state index in [0.717, 1.165) is 45.1 Å². The molecule has 0 N–H and O–H groups in total. The molecule has 1 atom stereocenters. The summed E-state index contributed by atoms with van der Waals surface area (Å²) in [7, 11) is -3.12. The van der Waals surface area contributed by atoms with Crippen LogP contribution < -0.4 is 0 Å². The summed E-state index contributed by atoms with van der Waals surface area (Å²) in [5.41, 5.74) is 0. The predicted molar refractivity (Wildman–Crippen MR) is 87.7 cm³/mol. The second-order valence-electron chi connectivity index (χ2n) is 6.65. The molecule has 0 spiro atoms. The molecule has 1 aliphatic heterocycles. The van der Waals surface area contributed by atoms with Crippen molar-refractivity contribution in [3.63, 3.8) is 0 Å². The van der Waals surface area contributed by atoms with Crippen LogP contribution in [0.2, 0.25) is 0 Å². The topological polar surface area (TPSA) is 72.3 Å². The zero-order valence-corrected chi connectivity index (χ0v) is 14.2. The zero-order chi connectivity index (χ0) is 16.3. The van der Waals surface area contributed by atoms with Crippen molar-refractivity contribution in [2.24, 2.45) is 0 Å². The van der Waals surface area contributed by atoms with Gasteiger partial charge in [0, 0.05) is 31.9 Å². The number of aromatic nitrogens is 2. The molecule has 7 heteroatoms. The molecule has 0 aromatic carbocycles. The van der Waals surface area contributed by atoms with Gasteiger partial charge in [0.2, 0.25) is 5.91 Å². The summed E-state index contributed by atoms with van der Waals surface area (Å²) in [6.07, 6.45) is 9.24. The Morgan fingerprint density at radius 3 is 2.65 bits per heavy atom. The maximum Gasteiger partial charge on any atom is 0.223 e. The number of carbonyl (C=O) groups excluding carboxylic acids is 1. The van der Waals surface area contributed by atoms with Gasteiger partial charge < -0.3 is 4.90 Å². The SMILES string of the molecule is O=C(CCS(=O)(=O)C1CCCC1)N1CCC[C@H](n2cccn2)C1. The van der Waals surface area contributed by atoms with Crippen molar-refractivity contribution in [2.75, 3.05) is 18.8 Å². The molecule has 1 saturated heterocycles. The van der Waals surface area contributed by atoms with Gasteiger partial charge >= 0.3 is 0 Å². The molecule has 6 nitrogen and oxygen atoms in total. The maximum atomic E-state index is 12.4. The summed E-state index contributed by atoms with van der Waals surface area (Å²) < 4.78 is 26.5. The summed E-state index contributed by atoms with van der Waals surface area (Å²) in [5.74, 6) is -0.0391. The summed E-state index contributed by atoms with van der Waals surface area (Å²) in [6.45, 7) is 1.35. The number of sulfone groups is 1. The van der Waals surface area contributed by atoms with Crippen molar-refractivity contribution in [1.82, 2.24) is 14.7 Å². The smallest absolute Gasteiger partial charge is 0.223 e. The van der Waals surface area contributed by atoms with E-state index in [4.69, 9.17) is 0 Å². The fraction of sp³-hybridized carbons (Fsp3) is 0.750. The molecule has 23 heavy (non-hydrogen) atoms. The minimum absolute atomic E-state index is 0.000559. The van der Waals surface area contributed by atoms with Crippen LogP contribution in [0, 0.1) is 0 Å². The molecular formula is C16H25N3O3S. The van der Waals surface area contributed by atoms with E-state index in [1.165, 1.54) is 0 Å². The molecule has 128 valence electrons. The van der Waals surface area contributed by atoms with Gasteiger partial charge in [0.05, 0.1) is 17.0 Å². The van der Waals surface area contributed by atoms with Crippen LogP contribution in [0.15, 0.2) is 18.5 Å². The van der Waals surface area contributed by atoms with Gasteiger partial charge in [-0.2, -0.15) is 5.10 Å². The number of hydrogen-bond donors (Lipinski definition) is 0. The minimum atomic E-state index is -3.12. The summed E-state index contributed by atoms with van der Waals surface area (Å²) in [5, 5.41) is 4.04. The van der Waals surface area contributed by atoms with Crippen molar-refractivity contribution >= 4 is 15.7 Å². The van der Waals surface area contributed by atoms with E-state index in [2.05, 4.69) is 5.10 Å². The second-order valence-corrected chi connectivity index (χ2v) is 9.05. The highest BCUT2D eigenvalue weighted by molar-refractivity contribution is 7.92. The Morgan fingerprint density at radius 2 is 1.96 bits per heavy atom. The molecule has 2 aliphatic rings. The zero-order valence-electron chi connectivity index (χ0n) is 13.4. The Balaban J connectivity index is 1.53. The lowest BCUT2D eigenvalue weighted by atomic mass is 10.1. The number of rotatable bonds is 5. The van der Waals surface area contributed by atoms with Crippen molar-refractivity contribution in [2.45, 2.75) is 56.2 Å². The molecule has 0 unspecified atom stereocenters. The van der Waals surface area contributed by atoms with Crippen LogP contribution in [0.25, 0.3) is 0 Å². The Labute approximate surface area is 137 Å². The number of carbonyl (C=O) groups is 1. The van der Waals surface area contributed by atoms with Gasteiger partial charge in [-0.1, -0.05) is 12.8 Å². The van der Waals surface area contributed by atoms with Crippen LogP contribution in [0.4, 0.5) is 0 Å². The van der Waals surface area contributed by atoms with Crippen LogP contribution in [0.1, 0.15) is 51.0 Å². The van der Waals surface area contributed by atoms with Gasteiger partial charge in [0.1, 0.15) is 0 Å². The first-order valence-corrected chi connectivity index (χ1v) is 10.3. The Bertz CT molecular complexity index is 621. The molecule has 1 aromatic rings. The number of hydrogen-bond acceptors (Lipinski definition) is 4. The van der Waals surface area contributed by atoms with Gasteiger partial charge in [0.15, 0.2) is 9.84 Å². The third-order valence-electron chi connectivity index (χ3n) is 5.06. The van der Waals surface area contributed by atoms with E-state index in [9.17, 15) is 13.2 Å². The number of piperidine rings is 1. The second kappa shape index (κ2) is 7.03. The fourth-order valence-electron chi connectivity index (χ4n) is 3.70. The van der Waals surface area contributed by atoms with Gasteiger partial charge in [0.25, 0.3) is 0 Å². The normalized spacial score (nSPS) is 23.3. The first kappa shape index (κ1) is 16.5. The van der Waals surface area contributed by atoms with E-state index in [-0.39, 0.29) is 29.4 Å². The number of likely N-dealkylation sites (tertiary alicyclic amines) is 1. The molecule has 2 heterocycles. The Kier molecular flexibility index (Phi) is 5.04. The fourth-order valence-corrected chi connectivity index (χ4v) is 5.54. The van der Waals surface area contributed by atoms with Crippen LogP contribution in [0.3, 0.4) is 0 Å². The number of nitrogens with zero attached hydrogens (tertiary/aromatic N) is 3. The first-order valence-electron chi connectivity index (χ1n) is 8.55. The van der Waals surface area contributed by atoms with E-state index in [0.29, 0.717) is 6.54 Å². The molecule has 1 aromatic heterocycles. The van der Waals surface area contributed by atoms with E-state index < -0.39 is 9.84 Å². The predicted octanol–water partition coefficient (Wildman–Crippen LogP) is 1.79. The minimum Gasteiger partial charge on any atom is -0.341 e. The van der Waals surface area contributed by atoms with E-state index in [1.54, 1.807) is 11.1 Å². The molecule has 2 fully saturated rings. The van der Waals surface area contributed by atoms with Crippen molar-refractivity contribution < 1.29 is 13.2 Å². The van der Waals surface area contributed by atoms with Crippen LogP contribution in [-0.2, 0) is 14.6 Å². The largest absolute Gasteiger partial charge is 0.341 e. The highest BCUT2D eigenvalue weighted by Gasteiger charge is 2.30. The molecule has 1 saturated carbocycles. The molecular weight excluding hydrogens is 314 g/mol. The molecule has 1 amide bonds. The quantitative estimate of drug-likeness (QED) is 0.820. The molecule has 0 radical (unpaired) electrons. The van der Waals surface area contributed by atoms with Crippen LogP contribution in [0.5, 0.6) is 0 Å². The highest BCUT2D eigenvalue weighted by Crippen LogP contribution is 2.26. The van der Waals surface area contributed by atoms with E-state index >= 15 is 0 Å². The Hall–Kier alpha value is -1.37. The van der Waals surface area contributed by atoms with Crippen LogP contribution in [-0.4, -0.2) is 53.1 Å². The van der Waals surface area contributed by atoms with Crippen molar-refractivity contribution in [3.05, 3.63) is 18.5 Å². The lowest BCUT2D eigenvalue weighted by Crippen LogP contribution is -2.41. The average molecular weight is 339 g/mol. The Morgan fingerprint density at radius 1 is 1.17 bits per heavy atom. The lowest BCUT2D eigenvalue weighted by Gasteiger charge is -2.33. The first-order chi connectivity index (χ1) is 11.1. The van der Waals surface area contributed by atoms with Gasteiger partial charge in [-0.3, -0.25) is 9.48 Å². The monoisotopic (exact) mass is 339 g/mol. The number of amides is 1. The summed E-state index contributed by atoms with van der Waals surface area (Å²) >= 11 is 0. The van der Waals surface area contributed by atoms with Gasteiger partial charge in [-0.15, -0.1) is 0 Å². The highest BCUT2D eigenvalue weighted by atomic mass is 32.2. The van der Waals surface area contributed by atoms with Gasteiger partial charge in [-0.25, -0.2) is 8.42 Å².